The number of nitrogens with zero attached hydrogens (tertiary/aromatic N) is 2. The van der Waals surface area contributed by atoms with E-state index >= 15 is 0 Å². The number of hydrogen-bond acceptors (Lipinski definition) is 5. The molecular formula is C27H23FN4O4. The van der Waals surface area contributed by atoms with Crippen LogP contribution in [0.5, 0.6) is 0 Å². The van der Waals surface area contributed by atoms with Crippen LogP contribution < -0.4 is 10.9 Å². The first-order valence-electron chi connectivity index (χ1n) is 11.5. The quantitative estimate of drug-likeness (QED) is 0.435. The summed E-state index contributed by atoms with van der Waals surface area (Å²) in [4.78, 5) is 38.5. The molecule has 182 valence electrons. The third kappa shape index (κ3) is 4.95. The Bertz CT molecular complexity index is 1480. The van der Waals surface area contributed by atoms with Crippen LogP contribution in [-0.4, -0.2) is 46.2 Å². The van der Waals surface area contributed by atoms with Gasteiger partial charge in [-0.15, -0.1) is 0 Å². The summed E-state index contributed by atoms with van der Waals surface area (Å²) in [5, 5.41) is 10.6. The van der Waals surface area contributed by atoms with E-state index in [2.05, 4.69) is 15.5 Å². The zero-order valence-corrected chi connectivity index (χ0v) is 19.2. The summed E-state index contributed by atoms with van der Waals surface area (Å²) in [6.07, 6.45) is -0.250. The summed E-state index contributed by atoms with van der Waals surface area (Å²) in [6.45, 7) is 0.670. The maximum Gasteiger partial charge on any atom is 0.407 e. The van der Waals surface area contributed by atoms with Crippen molar-refractivity contribution in [2.24, 2.45) is 0 Å². The topological polar surface area (TPSA) is 104 Å². The van der Waals surface area contributed by atoms with Crippen molar-refractivity contribution in [1.82, 2.24) is 20.4 Å². The van der Waals surface area contributed by atoms with E-state index in [9.17, 15) is 18.8 Å². The number of hydrogen-bond donors (Lipinski definition) is 2. The Hall–Kier alpha value is -4.53. The van der Waals surface area contributed by atoms with E-state index in [1.165, 1.54) is 17.0 Å². The molecule has 1 aromatic heterocycles. The third-order valence-corrected chi connectivity index (χ3v) is 6.11. The van der Waals surface area contributed by atoms with E-state index in [-0.39, 0.29) is 36.9 Å². The number of benzene rings is 3. The number of carbonyl (C=O) groups is 2. The molecule has 3 aromatic carbocycles. The summed E-state index contributed by atoms with van der Waals surface area (Å²) in [5.74, 6) is -1.08. The molecule has 2 N–H and O–H groups in total. The first kappa shape index (κ1) is 23.2. The average Bonchev–Trinajstić information content (AvgIpc) is 2.88. The van der Waals surface area contributed by atoms with E-state index < -0.39 is 17.8 Å². The maximum atomic E-state index is 14.6. The second kappa shape index (κ2) is 9.99. The average molecular weight is 487 g/mol. The minimum Gasteiger partial charge on any atom is -0.445 e. The largest absolute Gasteiger partial charge is 0.445 e. The number of carbonyl (C=O) groups excluding carboxylic acids is 2. The fraction of sp³-hybridized carbons (Fsp3) is 0.185. The molecule has 5 rings (SSSR count). The molecule has 0 aliphatic carbocycles. The number of alkyl carbamates (subject to hydrolysis) is 1. The monoisotopic (exact) mass is 486 g/mol. The molecule has 8 nitrogen and oxygen atoms in total. The molecule has 0 atom stereocenters. The zero-order valence-electron chi connectivity index (χ0n) is 19.2. The van der Waals surface area contributed by atoms with Crippen LogP contribution in [0.3, 0.4) is 0 Å². The van der Waals surface area contributed by atoms with Gasteiger partial charge in [0, 0.05) is 24.9 Å². The number of nitrogens with one attached hydrogen (secondary N) is 2. The van der Waals surface area contributed by atoms with Crippen molar-refractivity contribution in [3.05, 3.63) is 111 Å². The molecule has 0 spiro atoms. The van der Waals surface area contributed by atoms with Crippen LogP contribution in [0.15, 0.2) is 77.6 Å². The lowest BCUT2D eigenvalue weighted by atomic mass is 10.0. The Morgan fingerprint density at radius 1 is 1.00 bits per heavy atom. The minimum atomic E-state index is -0.623. The molecule has 36 heavy (non-hydrogen) atoms. The summed E-state index contributed by atoms with van der Waals surface area (Å²) >= 11 is 0. The van der Waals surface area contributed by atoms with E-state index in [0.29, 0.717) is 28.5 Å². The highest BCUT2D eigenvalue weighted by atomic mass is 19.1. The number of ether oxygens (including phenoxy) is 1. The number of amides is 2. The van der Waals surface area contributed by atoms with Crippen LogP contribution in [0.2, 0.25) is 0 Å². The smallest absolute Gasteiger partial charge is 0.407 e. The van der Waals surface area contributed by atoms with Crippen molar-refractivity contribution in [1.29, 1.82) is 0 Å². The lowest BCUT2D eigenvalue weighted by molar-refractivity contribution is 0.0541. The molecule has 4 aromatic rings. The Morgan fingerprint density at radius 3 is 2.50 bits per heavy atom. The standard InChI is InChI=1S/C27H23FN4O4/c28-23-11-10-18(13-24-20-8-4-5-9-21(20)25(33)31-30-24)12-22(23)26(34)32-14-19(15-32)29-27(35)36-16-17-6-2-1-3-7-17/h1-12,19H,13-16H2,(H,29,35)(H,31,33). The summed E-state index contributed by atoms with van der Waals surface area (Å²) < 4.78 is 19.8. The number of H-pyrrole nitrogens is 1. The van der Waals surface area contributed by atoms with Crippen molar-refractivity contribution in [3.8, 4) is 0 Å². The Kier molecular flexibility index (Phi) is 6.44. The van der Waals surface area contributed by atoms with Gasteiger partial charge in [-0.3, -0.25) is 9.59 Å². The van der Waals surface area contributed by atoms with Gasteiger partial charge in [0.1, 0.15) is 12.4 Å². The van der Waals surface area contributed by atoms with Crippen molar-refractivity contribution < 1.29 is 18.7 Å². The van der Waals surface area contributed by atoms with Crippen LogP contribution in [-0.2, 0) is 17.8 Å². The molecule has 0 saturated carbocycles. The number of rotatable bonds is 6. The summed E-state index contributed by atoms with van der Waals surface area (Å²) in [6, 6.07) is 20.5. The fourth-order valence-corrected chi connectivity index (χ4v) is 4.18. The lowest BCUT2D eigenvalue weighted by Gasteiger charge is -2.39. The van der Waals surface area contributed by atoms with Gasteiger partial charge in [0.2, 0.25) is 0 Å². The van der Waals surface area contributed by atoms with Crippen molar-refractivity contribution in [2.45, 2.75) is 19.1 Å². The molecular weight excluding hydrogens is 463 g/mol. The Balaban J connectivity index is 1.20. The molecule has 2 amide bonds. The summed E-state index contributed by atoms with van der Waals surface area (Å²) in [7, 11) is 0. The molecule has 1 aliphatic heterocycles. The highest BCUT2D eigenvalue weighted by Crippen LogP contribution is 2.21. The van der Waals surface area contributed by atoms with Gasteiger partial charge in [0.25, 0.3) is 11.5 Å². The first-order chi connectivity index (χ1) is 17.5. The van der Waals surface area contributed by atoms with Crippen molar-refractivity contribution in [2.75, 3.05) is 13.1 Å². The third-order valence-electron chi connectivity index (χ3n) is 6.11. The number of aromatic nitrogens is 2. The number of fused-ring (bicyclic) bond motifs is 1. The molecule has 1 aliphatic rings. The number of halogens is 1. The predicted molar refractivity (Wildman–Crippen MR) is 131 cm³/mol. The maximum absolute atomic E-state index is 14.6. The molecule has 1 fully saturated rings. The van der Waals surface area contributed by atoms with Gasteiger partial charge in [-0.25, -0.2) is 14.3 Å². The van der Waals surface area contributed by atoms with E-state index in [4.69, 9.17) is 4.74 Å². The van der Waals surface area contributed by atoms with Gasteiger partial charge in [-0.1, -0.05) is 54.6 Å². The molecule has 0 radical (unpaired) electrons. The van der Waals surface area contributed by atoms with E-state index in [0.717, 1.165) is 5.56 Å². The van der Waals surface area contributed by atoms with Crippen LogP contribution in [0, 0.1) is 5.82 Å². The number of aromatic amines is 1. The van der Waals surface area contributed by atoms with Crippen LogP contribution in [0.1, 0.15) is 27.2 Å². The zero-order chi connectivity index (χ0) is 25.1. The first-order valence-corrected chi connectivity index (χ1v) is 11.5. The number of likely N-dealkylation sites (tertiary alicyclic amines) is 1. The highest BCUT2D eigenvalue weighted by molar-refractivity contribution is 5.95. The van der Waals surface area contributed by atoms with Gasteiger partial charge in [0.05, 0.1) is 22.7 Å². The van der Waals surface area contributed by atoms with Gasteiger partial charge in [-0.2, -0.15) is 5.10 Å². The molecule has 1 saturated heterocycles. The highest BCUT2D eigenvalue weighted by Gasteiger charge is 2.33. The van der Waals surface area contributed by atoms with Crippen LogP contribution in [0.4, 0.5) is 9.18 Å². The van der Waals surface area contributed by atoms with Gasteiger partial charge in [-0.05, 0) is 29.3 Å². The molecule has 0 bridgehead atoms. The normalized spacial score (nSPS) is 13.3. The molecule has 2 heterocycles. The van der Waals surface area contributed by atoms with Crippen molar-refractivity contribution in [3.63, 3.8) is 0 Å². The Morgan fingerprint density at radius 2 is 1.72 bits per heavy atom. The fourth-order valence-electron chi connectivity index (χ4n) is 4.18. The van der Waals surface area contributed by atoms with E-state index in [1.807, 2.05) is 36.4 Å². The van der Waals surface area contributed by atoms with E-state index in [1.54, 1.807) is 24.3 Å². The SMILES string of the molecule is O=C(NC1CN(C(=O)c2cc(Cc3n[nH]c(=O)c4ccccc34)ccc2F)C1)OCc1ccccc1. The lowest BCUT2D eigenvalue weighted by Crippen LogP contribution is -2.61. The van der Waals surface area contributed by atoms with Gasteiger partial charge in [0.15, 0.2) is 0 Å². The summed E-state index contributed by atoms with van der Waals surface area (Å²) in [5.41, 5.74) is 1.85. The second-order valence-electron chi connectivity index (χ2n) is 8.65. The molecule has 9 heteroatoms. The second-order valence-corrected chi connectivity index (χ2v) is 8.65. The van der Waals surface area contributed by atoms with Crippen LogP contribution >= 0.6 is 0 Å². The Labute approximate surface area is 205 Å². The van der Waals surface area contributed by atoms with Gasteiger partial charge >= 0.3 is 6.09 Å². The van der Waals surface area contributed by atoms with Crippen molar-refractivity contribution >= 4 is 22.8 Å². The predicted octanol–water partition coefficient (Wildman–Crippen LogP) is 3.40. The minimum absolute atomic E-state index is 0.0497. The molecule has 0 unspecified atom stereocenters. The van der Waals surface area contributed by atoms with Gasteiger partial charge < -0.3 is 15.0 Å². The van der Waals surface area contributed by atoms with Crippen LogP contribution in [0.25, 0.3) is 10.8 Å².